The van der Waals surface area contributed by atoms with Crippen molar-refractivity contribution in [2.45, 2.75) is 25.9 Å². The molecule has 98 valence electrons. The van der Waals surface area contributed by atoms with Crippen molar-refractivity contribution < 1.29 is 9.21 Å². The highest BCUT2D eigenvalue weighted by Crippen LogP contribution is 2.17. The molecule has 0 aliphatic carbocycles. The summed E-state index contributed by atoms with van der Waals surface area (Å²) in [6, 6.07) is 7.97. The van der Waals surface area contributed by atoms with Gasteiger partial charge in [-0.15, -0.1) is 5.10 Å². The number of carbonyl (C=O) groups is 1. The highest BCUT2D eigenvalue weighted by Gasteiger charge is 2.24. The smallest absolute Gasteiger partial charge is 0.322 e. The summed E-state index contributed by atoms with van der Waals surface area (Å²) >= 11 is 0. The molecule has 3 rings (SSSR count). The molecule has 0 fully saturated rings. The number of fused-ring (bicyclic) bond motifs is 1. The van der Waals surface area contributed by atoms with Crippen molar-refractivity contribution in [3.05, 3.63) is 41.3 Å². The molecule has 2 N–H and O–H groups in total. The SMILES string of the molecule is Cc1nnc(NC(=O)[C@@H]2Cc3ccccc3CN2)o1. The van der Waals surface area contributed by atoms with E-state index in [2.05, 4.69) is 26.9 Å². The maximum absolute atomic E-state index is 12.1. The second kappa shape index (κ2) is 4.81. The second-order valence-corrected chi connectivity index (χ2v) is 4.52. The van der Waals surface area contributed by atoms with Crippen LogP contribution in [0.5, 0.6) is 0 Å². The molecule has 0 spiro atoms. The highest BCUT2D eigenvalue weighted by molar-refractivity contribution is 5.93. The Kier molecular flexibility index (Phi) is 3.00. The normalized spacial score (nSPS) is 17.8. The Morgan fingerprint density at radius 1 is 1.37 bits per heavy atom. The summed E-state index contributed by atoms with van der Waals surface area (Å²) in [5.41, 5.74) is 2.43. The lowest BCUT2D eigenvalue weighted by Gasteiger charge is -2.24. The monoisotopic (exact) mass is 258 g/mol. The van der Waals surface area contributed by atoms with Crippen molar-refractivity contribution in [2.24, 2.45) is 0 Å². The molecule has 1 aromatic carbocycles. The van der Waals surface area contributed by atoms with Crippen LogP contribution in [0.25, 0.3) is 0 Å². The topological polar surface area (TPSA) is 80.0 Å². The number of nitrogens with zero attached hydrogens (tertiary/aromatic N) is 2. The first-order valence-electron chi connectivity index (χ1n) is 6.13. The van der Waals surface area contributed by atoms with Gasteiger partial charge in [0.15, 0.2) is 0 Å². The Balaban J connectivity index is 1.69. The lowest BCUT2D eigenvalue weighted by molar-refractivity contribution is -0.118. The Morgan fingerprint density at radius 3 is 2.89 bits per heavy atom. The zero-order valence-electron chi connectivity index (χ0n) is 10.5. The van der Waals surface area contributed by atoms with Gasteiger partial charge in [0, 0.05) is 13.5 Å². The molecule has 1 atom stereocenters. The molecule has 2 heterocycles. The lowest BCUT2D eigenvalue weighted by Crippen LogP contribution is -2.44. The fourth-order valence-electron chi connectivity index (χ4n) is 2.18. The largest absolute Gasteiger partial charge is 0.408 e. The Labute approximate surface area is 110 Å². The van der Waals surface area contributed by atoms with Crippen LogP contribution in [-0.2, 0) is 17.8 Å². The van der Waals surface area contributed by atoms with Gasteiger partial charge >= 0.3 is 6.01 Å². The number of nitrogens with one attached hydrogen (secondary N) is 2. The summed E-state index contributed by atoms with van der Waals surface area (Å²) in [7, 11) is 0. The van der Waals surface area contributed by atoms with Crippen LogP contribution in [0.15, 0.2) is 28.7 Å². The predicted octanol–water partition coefficient (Wildman–Crippen LogP) is 1.03. The molecule has 6 heteroatoms. The molecule has 0 saturated heterocycles. The van der Waals surface area contributed by atoms with E-state index < -0.39 is 0 Å². The first-order valence-corrected chi connectivity index (χ1v) is 6.13. The van der Waals surface area contributed by atoms with Crippen LogP contribution in [0.3, 0.4) is 0 Å². The number of aryl methyl sites for hydroxylation is 1. The molecule has 0 unspecified atom stereocenters. The van der Waals surface area contributed by atoms with E-state index in [-0.39, 0.29) is 18.0 Å². The van der Waals surface area contributed by atoms with Crippen LogP contribution in [-0.4, -0.2) is 22.1 Å². The van der Waals surface area contributed by atoms with Crippen molar-refractivity contribution >= 4 is 11.9 Å². The minimum absolute atomic E-state index is 0.142. The van der Waals surface area contributed by atoms with E-state index in [9.17, 15) is 4.79 Å². The van der Waals surface area contributed by atoms with Crippen LogP contribution in [0.1, 0.15) is 17.0 Å². The van der Waals surface area contributed by atoms with Crippen LogP contribution >= 0.6 is 0 Å². The third-order valence-corrected chi connectivity index (χ3v) is 3.15. The fraction of sp³-hybridized carbons (Fsp3) is 0.308. The van der Waals surface area contributed by atoms with Gasteiger partial charge in [0.2, 0.25) is 11.8 Å². The van der Waals surface area contributed by atoms with Crippen molar-refractivity contribution in [3.8, 4) is 0 Å². The molecule has 0 saturated carbocycles. The first-order chi connectivity index (χ1) is 9.22. The predicted molar refractivity (Wildman–Crippen MR) is 68.4 cm³/mol. The first kappa shape index (κ1) is 11.9. The van der Waals surface area contributed by atoms with E-state index in [0.29, 0.717) is 18.9 Å². The summed E-state index contributed by atoms with van der Waals surface area (Å²) < 4.78 is 5.13. The average Bonchev–Trinajstić information content (AvgIpc) is 2.83. The summed E-state index contributed by atoms with van der Waals surface area (Å²) in [5.74, 6) is 0.274. The Morgan fingerprint density at radius 2 is 2.16 bits per heavy atom. The fourth-order valence-corrected chi connectivity index (χ4v) is 2.18. The highest BCUT2D eigenvalue weighted by atomic mass is 16.4. The van der Waals surface area contributed by atoms with Gasteiger partial charge in [-0.2, -0.15) is 0 Å². The summed E-state index contributed by atoms with van der Waals surface area (Å²) in [5, 5.41) is 13.2. The number of rotatable bonds is 2. The van der Waals surface area contributed by atoms with Gasteiger partial charge in [0.1, 0.15) is 0 Å². The summed E-state index contributed by atoms with van der Waals surface area (Å²) in [6.45, 7) is 2.37. The third-order valence-electron chi connectivity index (χ3n) is 3.15. The maximum Gasteiger partial charge on any atom is 0.322 e. The van der Waals surface area contributed by atoms with Gasteiger partial charge < -0.3 is 9.73 Å². The van der Waals surface area contributed by atoms with Gasteiger partial charge in [-0.25, -0.2) is 0 Å². The van der Waals surface area contributed by atoms with Crippen LogP contribution < -0.4 is 10.6 Å². The van der Waals surface area contributed by atoms with Crippen molar-refractivity contribution in [1.29, 1.82) is 0 Å². The molecule has 6 nitrogen and oxygen atoms in total. The molecule has 0 radical (unpaired) electrons. The molecule has 1 amide bonds. The third kappa shape index (κ3) is 2.48. The molecule has 1 aliphatic heterocycles. The molecular formula is C13H14N4O2. The lowest BCUT2D eigenvalue weighted by atomic mass is 9.95. The Bertz CT molecular complexity index is 608. The van der Waals surface area contributed by atoms with Crippen molar-refractivity contribution in [1.82, 2.24) is 15.5 Å². The number of carbonyl (C=O) groups excluding carboxylic acids is 1. The van der Waals surface area contributed by atoms with Gasteiger partial charge in [-0.1, -0.05) is 29.4 Å². The van der Waals surface area contributed by atoms with Gasteiger partial charge in [-0.05, 0) is 17.5 Å². The quantitative estimate of drug-likeness (QED) is 0.841. The van der Waals surface area contributed by atoms with E-state index in [1.54, 1.807) is 6.92 Å². The molecule has 19 heavy (non-hydrogen) atoms. The number of hydrogen-bond donors (Lipinski definition) is 2. The molecule has 2 aromatic rings. The summed E-state index contributed by atoms with van der Waals surface area (Å²) in [6.07, 6.45) is 0.662. The standard InChI is InChI=1S/C13H14N4O2/c1-8-16-17-13(19-8)15-12(18)11-6-9-4-2-3-5-10(9)7-14-11/h2-5,11,14H,6-7H2,1H3,(H,15,17,18)/t11-/m0/s1. The van der Waals surface area contributed by atoms with E-state index >= 15 is 0 Å². The van der Waals surface area contributed by atoms with Gasteiger partial charge in [-0.3, -0.25) is 10.1 Å². The number of aromatic nitrogens is 2. The summed E-state index contributed by atoms with van der Waals surface area (Å²) in [4.78, 5) is 12.1. The van der Waals surface area contributed by atoms with Gasteiger partial charge in [0.05, 0.1) is 6.04 Å². The number of amides is 1. The van der Waals surface area contributed by atoms with Crippen LogP contribution in [0.2, 0.25) is 0 Å². The van der Waals surface area contributed by atoms with E-state index in [1.807, 2.05) is 18.2 Å². The van der Waals surface area contributed by atoms with E-state index in [1.165, 1.54) is 11.1 Å². The van der Waals surface area contributed by atoms with Crippen LogP contribution in [0, 0.1) is 6.92 Å². The second-order valence-electron chi connectivity index (χ2n) is 4.52. The molecule has 0 bridgehead atoms. The van der Waals surface area contributed by atoms with Gasteiger partial charge in [0.25, 0.3) is 0 Å². The minimum Gasteiger partial charge on any atom is -0.408 e. The number of anilines is 1. The zero-order valence-corrected chi connectivity index (χ0v) is 10.5. The van der Waals surface area contributed by atoms with E-state index in [0.717, 1.165) is 0 Å². The average molecular weight is 258 g/mol. The molecule has 1 aromatic heterocycles. The van der Waals surface area contributed by atoms with Crippen molar-refractivity contribution in [3.63, 3.8) is 0 Å². The van der Waals surface area contributed by atoms with Crippen LogP contribution in [0.4, 0.5) is 6.01 Å². The zero-order chi connectivity index (χ0) is 13.2. The van der Waals surface area contributed by atoms with E-state index in [4.69, 9.17) is 4.42 Å². The Hall–Kier alpha value is -2.21. The van der Waals surface area contributed by atoms with Crippen molar-refractivity contribution in [2.75, 3.05) is 5.32 Å². The number of benzene rings is 1. The minimum atomic E-state index is -0.276. The maximum atomic E-state index is 12.1. The number of hydrogen-bond acceptors (Lipinski definition) is 5. The molecule has 1 aliphatic rings. The molecular weight excluding hydrogens is 244 g/mol.